The third-order valence-electron chi connectivity index (χ3n) is 5.72. The number of rotatable bonds is 8. The summed E-state index contributed by atoms with van der Waals surface area (Å²) in [6.07, 6.45) is 2.17. The van der Waals surface area contributed by atoms with E-state index in [4.69, 9.17) is 4.74 Å². The van der Waals surface area contributed by atoms with Gasteiger partial charge in [0.2, 0.25) is 0 Å². The smallest absolute Gasteiger partial charge is 0.338 e. The molecule has 4 aromatic rings. The summed E-state index contributed by atoms with van der Waals surface area (Å²) in [7, 11) is -2.64. The number of methoxy groups -OCH3 is 1. The normalized spacial score (nSPS) is 11.3. The lowest BCUT2D eigenvalue weighted by molar-refractivity contribution is 0.0599. The van der Waals surface area contributed by atoms with Crippen molar-refractivity contribution in [2.24, 2.45) is 0 Å². The van der Waals surface area contributed by atoms with Gasteiger partial charge in [0.05, 0.1) is 23.8 Å². The highest BCUT2D eigenvalue weighted by Gasteiger charge is 2.27. The molecule has 0 amide bonds. The van der Waals surface area contributed by atoms with Crippen molar-refractivity contribution in [3.05, 3.63) is 90.1 Å². The minimum absolute atomic E-state index is 0.0385. The summed E-state index contributed by atoms with van der Waals surface area (Å²) < 4.78 is 33.4. The number of aromatic nitrogens is 1. The van der Waals surface area contributed by atoms with Gasteiger partial charge in [-0.3, -0.25) is 4.31 Å². The van der Waals surface area contributed by atoms with Crippen molar-refractivity contribution in [1.29, 1.82) is 0 Å². The van der Waals surface area contributed by atoms with Crippen LogP contribution in [0.5, 0.6) is 0 Å². The molecule has 0 fully saturated rings. The number of ether oxygens (including phenoxy) is 1. The molecule has 0 bridgehead atoms. The van der Waals surface area contributed by atoms with E-state index >= 15 is 0 Å². The Kier molecular flexibility index (Phi) is 7.33. The number of thiazole rings is 1. The summed E-state index contributed by atoms with van der Waals surface area (Å²) in [6.45, 7) is 3.89. The van der Waals surface area contributed by atoms with Crippen LogP contribution in [0.1, 0.15) is 29.8 Å². The number of anilines is 1. The quantitative estimate of drug-likeness (QED) is 0.272. The van der Waals surface area contributed by atoms with Crippen molar-refractivity contribution < 1.29 is 17.9 Å². The molecule has 0 aliphatic rings. The van der Waals surface area contributed by atoms with Crippen molar-refractivity contribution in [2.45, 2.75) is 25.2 Å². The topological polar surface area (TPSA) is 76.6 Å². The molecule has 0 aliphatic heterocycles. The molecule has 0 aliphatic carbocycles. The van der Waals surface area contributed by atoms with E-state index in [-0.39, 0.29) is 17.0 Å². The Bertz CT molecular complexity index is 1450. The number of aryl methyl sites for hydroxylation is 1. The largest absolute Gasteiger partial charge is 0.465 e. The second kappa shape index (κ2) is 10.4. The van der Waals surface area contributed by atoms with Crippen LogP contribution in [0.2, 0.25) is 0 Å². The van der Waals surface area contributed by atoms with Crippen LogP contribution in [0.4, 0.5) is 5.00 Å². The SMILES string of the molecule is CCc1ccc(S(=O)(=O)N(CC)c2cnc(-c3ccccc3-c3ccccc3)s2)cc1C(=O)OC. The third kappa shape index (κ3) is 4.85. The van der Waals surface area contributed by atoms with E-state index in [1.807, 2.05) is 61.5 Å². The van der Waals surface area contributed by atoms with Gasteiger partial charge in [0.1, 0.15) is 10.0 Å². The van der Waals surface area contributed by atoms with Crippen LogP contribution in [-0.2, 0) is 21.2 Å². The van der Waals surface area contributed by atoms with Gasteiger partial charge in [-0.25, -0.2) is 18.2 Å². The van der Waals surface area contributed by atoms with Gasteiger partial charge < -0.3 is 4.74 Å². The number of carbonyl (C=O) groups is 1. The molecular formula is C27H26N2O4S2. The van der Waals surface area contributed by atoms with Crippen LogP contribution in [0.25, 0.3) is 21.7 Å². The van der Waals surface area contributed by atoms with Gasteiger partial charge in [0, 0.05) is 12.1 Å². The summed E-state index contributed by atoms with van der Waals surface area (Å²) >= 11 is 1.32. The predicted octanol–water partition coefficient (Wildman–Crippen LogP) is 6.04. The van der Waals surface area contributed by atoms with E-state index in [0.29, 0.717) is 11.4 Å². The van der Waals surface area contributed by atoms with Gasteiger partial charge in [-0.15, -0.1) is 0 Å². The van der Waals surface area contributed by atoms with Crippen LogP contribution >= 0.6 is 11.3 Å². The zero-order valence-corrected chi connectivity index (χ0v) is 21.4. The minimum atomic E-state index is -3.93. The monoisotopic (exact) mass is 506 g/mol. The maximum Gasteiger partial charge on any atom is 0.338 e. The average Bonchev–Trinajstić information content (AvgIpc) is 3.38. The molecule has 4 rings (SSSR count). The van der Waals surface area contributed by atoms with E-state index in [2.05, 4.69) is 4.98 Å². The van der Waals surface area contributed by atoms with E-state index in [9.17, 15) is 13.2 Å². The fourth-order valence-electron chi connectivity index (χ4n) is 3.94. The van der Waals surface area contributed by atoms with E-state index in [0.717, 1.165) is 27.3 Å². The summed E-state index contributed by atoms with van der Waals surface area (Å²) in [4.78, 5) is 16.9. The van der Waals surface area contributed by atoms with E-state index < -0.39 is 16.0 Å². The summed E-state index contributed by atoms with van der Waals surface area (Å²) in [6, 6.07) is 22.6. The predicted molar refractivity (Wildman–Crippen MR) is 140 cm³/mol. The maximum absolute atomic E-state index is 13.6. The van der Waals surface area contributed by atoms with E-state index in [1.54, 1.807) is 19.2 Å². The standard InChI is InChI=1S/C27H26N2O4S2/c1-4-19-15-16-21(17-24(19)27(30)33-3)35(31,32)29(5-2)25-18-28-26(34-25)23-14-10-9-13-22(23)20-11-7-6-8-12-20/h6-18H,4-5H2,1-3H3. The molecule has 35 heavy (non-hydrogen) atoms. The molecule has 8 heteroatoms. The number of nitrogens with zero attached hydrogens (tertiary/aromatic N) is 2. The molecule has 0 spiro atoms. The number of esters is 1. The Morgan fingerprint density at radius 2 is 1.66 bits per heavy atom. The number of benzene rings is 3. The maximum atomic E-state index is 13.6. The number of hydrogen-bond acceptors (Lipinski definition) is 6. The average molecular weight is 507 g/mol. The van der Waals surface area contributed by atoms with Gasteiger partial charge in [-0.05, 0) is 42.2 Å². The molecule has 0 unspecified atom stereocenters. The highest BCUT2D eigenvalue weighted by atomic mass is 32.2. The Labute approximate surface area is 209 Å². The second-order valence-electron chi connectivity index (χ2n) is 7.75. The van der Waals surface area contributed by atoms with Crippen LogP contribution in [0.3, 0.4) is 0 Å². The first-order chi connectivity index (χ1) is 16.9. The molecule has 0 saturated heterocycles. The van der Waals surface area contributed by atoms with Gasteiger partial charge in [-0.2, -0.15) is 0 Å². The summed E-state index contributed by atoms with van der Waals surface area (Å²) in [5.74, 6) is -0.556. The molecule has 1 aromatic heterocycles. The van der Waals surface area contributed by atoms with Crippen LogP contribution in [-0.4, -0.2) is 33.0 Å². The molecule has 180 valence electrons. The fourth-order valence-corrected chi connectivity index (χ4v) is 6.66. The van der Waals surface area contributed by atoms with Crippen LogP contribution in [0.15, 0.2) is 83.9 Å². The lowest BCUT2D eigenvalue weighted by Crippen LogP contribution is -2.30. The zero-order valence-electron chi connectivity index (χ0n) is 19.8. The van der Waals surface area contributed by atoms with Crippen LogP contribution < -0.4 is 4.31 Å². The first-order valence-corrected chi connectivity index (χ1v) is 13.5. The first kappa shape index (κ1) is 24.6. The van der Waals surface area contributed by atoms with Gasteiger partial charge in [0.15, 0.2) is 0 Å². The van der Waals surface area contributed by atoms with E-state index in [1.165, 1.54) is 34.9 Å². The third-order valence-corrected chi connectivity index (χ3v) is 8.78. The Morgan fingerprint density at radius 3 is 2.31 bits per heavy atom. The Morgan fingerprint density at radius 1 is 0.971 bits per heavy atom. The van der Waals surface area contributed by atoms with Crippen molar-refractivity contribution in [3.8, 4) is 21.7 Å². The Hall–Kier alpha value is -3.49. The fraction of sp³-hybridized carbons (Fsp3) is 0.185. The molecule has 0 radical (unpaired) electrons. The minimum Gasteiger partial charge on any atom is -0.465 e. The van der Waals surface area contributed by atoms with Crippen molar-refractivity contribution >= 4 is 32.3 Å². The molecule has 1 heterocycles. The van der Waals surface area contributed by atoms with Crippen LogP contribution in [0, 0.1) is 0 Å². The molecular weight excluding hydrogens is 480 g/mol. The van der Waals surface area contributed by atoms with Crippen molar-refractivity contribution in [1.82, 2.24) is 4.98 Å². The molecule has 3 aromatic carbocycles. The van der Waals surface area contributed by atoms with Gasteiger partial charge in [0.25, 0.3) is 10.0 Å². The van der Waals surface area contributed by atoms with Gasteiger partial charge >= 0.3 is 5.97 Å². The number of carbonyl (C=O) groups excluding carboxylic acids is 1. The van der Waals surface area contributed by atoms with Crippen molar-refractivity contribution in [2.75, 3.05) is 18.0 Å². The Balaban J connectivity index is 1.74. The highest BCUT2D eigenvalue weighted by Crippen LogP contribution is 2.38. The number of sulfonamides is 1. The van der Waals surface area contributed by atoms with Gasteiger partial charge in [-0.1, -0.05) is 78.9 Å². The summed E-state index contributed by atoms with van der Waals surface area (Å²) in [5.41, 5.74) is 4.01. The summed E-state index contributed by atoms with van der Waals surface area (Å²) in [5, 5.41) is 1.23. The molecule has 6 nitrogen and oxygen atoms in total. The highest BCUT2D eigenvalue weighted by molar-refractivity contribution is 7.93. The zero-order chi connectivity index (χ0) is 25.0. The van der Waals surface area contributed by atoms with Crippen molar-refractivity contribution in [3.63, 3.8) is 0 Å². The first-order valence-electron chi connectivity index (χ1n) is 11.2. The molecule has 0 saturated carbocycles. The molecule has 0 N–H and O–H groups in total. The second-order valence-corrected chi connectivity index (χ2v) is 10.6. The number of hydrogen-bond donors (Lipinski definition) is 0. The lowest BCUT2D eigenvalue weighted by atomic mass is 10.0. The lowest BCUT2D eigenvalue weighted by Gasteiger charge is -2.21. The molecule has 0 atom stereocenters.